The molecule has 1 aromatic heterocycles. The van der Waals surface area contributed by atoms with Crippen molar-refractivity contribution in [2.24, 2.45) is 0 Å². The first-order chi connectivity index (χ1) is 9.35. The summed E-state index contributed by atoms with van der Waals surface area (Å²) in [6, 6.07) is 0. The van der Waals surface area contributed by atoms with E-state index in [1.165, 1.54) is 10.8 Å². The molecule has 2 aliphatic heterocycles. The quantitative estimate of drug-likeness (QED) is 0.689. The van der Waals surface area contributed by atoms with Gasteiger partial charge in [0.1, 0.15) is 12.3 Å². The highest BCUT2D eigenvalue weighted by molar-refractivity contribution is 8.07. The number of ether oxygens (including phenoxy) is 1. The molecule has 0 amide bonds. The van der Waals surface area contributed by atoms with Gasteiger partial charge in [-0.3, -0.25) is 14.3 Å². The maximum Gasteiger partial charge on any atom is 0.330 e. The van der Waals surface area contributed by atoms with E-state index in [-0.39, 0.29) is 12.7 Å². The lowest BCUT2D eigenvalue weighted by atomic mass is 10.2. The summed E-state index contributed by atoms with van der Waals surface area (Å²) in [5.41, 5.74) is -0.562. The molecule has 3 heterocycles. The predicted octanol–water partition coefficient (Wildman–Crippen LogP) is -0.235. The van der Waals surface area contributed by atoms with Gasteiger partial charge >= 0.3 is 12.4 Å². The summed E-state index contributed by atoms with van der Waals surface area (Å²) in [4.78, 5) is 35.0. The average molecular weight is 320 g/mol. The van der Waals surface area contributed by atoms with Crippen LogP contribution in [0.3, 0.4) is 0 Å². The van der Waals surface area contributed by atoms with Gasteiger partial charge in [0.05, 0.1) is 12.7 Å². The Morgan fingerprint density at radius 2 is 2.25 bits per heavy atom. The maximum atomic E-state index is 11.8. The Hall–Kier alpha value is -0.830. The molecule has 3 rings (SSSR count). The lowest BCUT2D eigenvalue weighted by Gasteiger charge is -2.29. The highest BCUT2D eigenvalue weighted by atomic mass is 32.5. The molecule has 2 N–H and O–H groups in total. The van der Waals surface area contributed by atoms with Crippen molar-refractivity contribution < 1.29 is 18.7 Å². The molecule has 110 valence electrons. The van der Waals surface area contributed by atoms with Crippen molar-refractivity contribution in [3.63, 3.8) is 0 Å². The summed E-state index contributed by atoms with van der Waals surface area (Å²) in [7, 11) is 0. The zero-order valence-corrected chi connectivity index (χ0v) is 12.2. The largest absolute Gasteiger partial charge is 0.349 e. The van der Waals surface area contributed by atoms with E-state index in [2.05, 4.69) is 4.98 Å². The second kappa shape index (κ2) is 4.87. The predicted molar refractivity (Wildman–Crippen MR) is 71.9 cm³/mol. The molecule has 10 heteroatoms. The van der Waals surface area contributed by atoms with Gasteiger partial charge < -0.3 is 18.7 Å². The zero-order chi connectivity index (χ0) is 14.5. The number of nitrogens with zero attached hydrogens (tertiary/aromatic N) is 1. The molecule has 2 fully saturated rings. The smallest absolute Gasteiger partial charge is 0.330 e. The van der Waals surface area contributed by atoms with E-state index >= 15 is 0 Å². The standard InChI is InChI=1S/C10H13N2O6PS/c1-5-3-12(10(14)11-9(5)13)8-2-6-7(17-8)4-16-19(15,20)18-6/h3,6-8H,2,4H2,1H3,(H,15,20)(H,11,13,14)/t6-,7+,8+,19?/m0/s1. The van der Waals surface area contributed by atoms with Crippen LogP contribution in [0.2, 0.25) is 0 Å². The Morgan fingerprint density at radius 1 is 1.50 bits per heavy atom. The molecular formula is C10H13N2O6PS. The summed E-state index contributed by atoms with van der Waals surface area (Å²) >= 11 is 4.79. The Balaban J connectivity index is 1.88. The molecule has 0 aliphatic carbocycles. The lowest BCUT2D eigenvalue weighted by Crippen LogP contribution is -2.34. The normalized spacial score (nSPS) is 36.8. The first-order valence-electron chi connectivity index (χ1n) is 5.99. The van der Waals surface area contributed by atoms with E-state index in [0.29, 0.717) is 12.0 Å². The molecule has 1 aromatic rings. The molecular weight excluding hydrogens is 307 g/mol. The minimum absolute atomic E-state index is 0.131. The van der Waals surface area contributed by atoms with Crippen LogP contribution in [0.5, 0.6) is 0 Å². The average Bonchev–Trinajstić information content (AvgIpc) is 2.74. The Kier molecular flexibility index (Phi) is 3.44. The van der Waals surface area contributed by atoms with Gasteiger partial charge in [0.2, 0.25) is 0 Å². The SMILES string of the molecule is Cc1cn([C@H]2C[C@@H]3OP(O)(=S)OC[C@H]3O2)c(=O)[nH]c1=O. The number of aromatic amines is 1. The van der Waals surface area contributed by atoms with Crippen molar-refractivity contribution in [1.29, 1.82) is 0 Å². The van der Waals surface area contributed by atoms with Gasteiger partial charge in [0.25, 0.3) is 5.56 Å². The topological polar surface area (TPSA) is 103 Å². The van der Waals surface area contributed by atoms with Crippen LogP contribution in [0.1, 0.15) is 18.2 Å². The third kappa shape index (κ3) is 2.52. The van der Waals surface area contributed by atoms with Crippen LogP contribution >= 0.6 is 6.72 Å². The van der Waals surface area contributed by atoms with Crippen LogP contribution in [0, 0.1) is 6.92 Å². The number of aromatic nitrogens is 2. The second-order valence-corrected chi connectivity index (χ2v) is 7.54. The fraction of sp³-hybridized carbons (Fsp3) is 0.600. The van der Waals surface area contributed by atoms with Crippen molar-refractivity contribution in [3.05, 3.63) is 32.6 Å². The highest BCUT2D eigenvalue weighted by Crippen LogP contribution is 2.52. The summed E-state index contributed by atoms with van der Waals surface area (Å²) < 4.78 is 17.3. The first-order valence-corrected chi connectivity index (χ1v) is 8.58. The molecule has 2 saturated heterocycles. The van der Waals surface area contributed by atoms with E-state index < -0.39 is 30.3 Å². The summed E-state index contributed by atoms with van der Waals surface area (Å²) in [6.45, 7) is -1.46. The number of H-pyrrole nitrogens is 1. The number of nitrogens with one attached hydrogen (secondary N) is 1. The van der Waals surface area contributed by atoms with E-state index in [9.17, 15) is 14.5 Å². The maximum absolute atomic E-state index is 11.8. The van der Waals surface area contributed by atoms with Crippen molar-refractivity contribution in [1.82, 2.24) is 9.55 Å². The number of rotatable bonds is 1. The van der Waals surface area contributed by atoms with Crippen molar-refractivity contribution in [2.45, 2.75) is 31.8 Å². The Bertz CT molecular complexity index is 700. The van der Waals surface area contributed by atoms with Gasteiger partial charge in [-0.25, -0.2) is 4.79 Å². The second-order valence-electron chi connectivity index (χ2n) is 4.75. The van der Waals surface area contributed by atoms with Gasteiger partial charge in [-0.05, 0) is 18.7 Å². The van der Waals surface area contributed by atoms with Crippen molar-refractivity contribution >= 4 is 18.5 Å². The minimum Gasteiger partial charge on any atom is -0.349 e. The van der Waals surface area contributed by atoms with Crippen LogP contribution in [0.15, 0.2) is 15.8 Å². The number of hydrogen-bond acceptors (Lipinski definition) is 6. The van der Waals surface area contributed by atoms with Crippen LogP contribution < -0.4 is 11.2 Å². The third-order valence-electron chi connectivity index (χ3n) is 3.31. The van der Waals surface area contributed by atoms with Crippen molar-refractivity contribution in [3.8, 4) is 0 Å². The Labute approximate surface area is 118 Å². The molecule has 4 atom stereocenters. The molecule has 0 aromatic carbocycles. The van der Waals surface area contributed by atoms with Crippen LogP contribution in [0.4, 0.5) is 0 Å². The fourth-order valence-electron chi connectivity index (χ4n) is 2.30. The van der Waals surface area contributed by atoms with Gasteiger partial charge in [0, 0.05) is 18.2 Å². The van der Waals surface area contributed by atoms with Gasteiger partial charge in [0.15, 0.2) is 0 Å². The van der Waals surface area contributed by atoms with Crippen LogP contribution in [0.25, 0.3) is 0 Å². The van der Waals surface area contributed by atoms with Gasteiger partial charge in [-0.15, -0.1) is 0 Å². The van der Waals surface area contributed by atoms with E-state index in [4.69, 9.17) is 25.6 Å². The molecule has 0 spiro atoms. The lowest BCUT2D eigenvalue weighted by molar-refractivity contribution is -0.0599. The van der Waals surface area contributed by atoms with Gasteiger partial charge in [-0.1, -0.05) is 0 Å². The summed E-state index contributed by atoms with van der Waals surface area (Å²) in [5, 5.41) is 0. The van der Waals surface area contributed by atoms with E-state index in [1.807, 2.05) is 0 Å². The first kappa shape index (κ1) is 14.1. The number of hydrogen-bond donors (Lipinski definition) is 2. The monoisotopic (exact) mass is 320 g/mol. The molecule has 8 nitrogen and oxygen atoms in total. The summed E-state index contributed by atoms with van der Waals surface area (Å²) in [5.74, 6) is 0. The fourth-order valence-corrected chi connectivity index (χ4v) is 3.78. The molecule has 2 aliphatic rings. The molecule has 20 heavy (non-hydrogen) atoms. The van der Waals surface area contributed by atoms with E-state index in [1.54, 1.807) is 6.92 Å². The highest BCUT2D eigenvalue weighted by Gasteiger charge is 2.44. The summed E-state index contributed by atoms with van der Waals surface area (Å²) in [6.07, 6.45) is 0.424. The van der Waals surface area contributed by atoms with Crippen LogP contribution in [-0.4, -0.2) is 33.3 Å². The van der Waals surface area contributed by atoms with Crippen LogP contribution in [-0.2, 0) is 25.6 Å². The van der Waals surface area contributed by atoms with Gasteiger partial charge in [-0.2, -0.15) is 0 Å². The molecule has 1 unspecified atom stereocenters. The molecule has 0 saturated carbocycles. The Morgan fingerprint density at radius 3 is 3.00 bits per heavy atom. The minimum atomic E-state index is -3.20. The zero-order valence-electron chi connectivity index (χ0n) is 10.5. The number of fused-ring (bicyclic) bond motifs is 1. The molecule has 0 bridgehead atoms. The number of aryl methyl sites for hydroxylation is 1. The molecule has 0 radical (unpaired) electrons. The third-order valence-corrected chi connectivity index (χ3v) is 4.89. The van der Waals surface area contributed by atoms with E-state index in [0.717, 1.165) is 0 Å². The van der Waals surface area contributed by atoms with Crippen molar-refractivity contribution in [2.75, 3.05) is 6.61 Å².